The molecule has 0 bridgehead atoms. The molecule has 0 N–H and O–H groups in total. The molecule has 82 valence electrons. The summed E-state index contributed by atoms with van der Waals surface area (Å²) in [6, 6.07) is 10.1. The predicted octanol–water partition coefficient (Wildman–Crippen LogP) is 4.52. The SMILES string of the molecule is Fc1ccc(Oc2cccc(Br)c2F)cc1. The lowest BCUT2D eigenvalue weighted by Crippen LogP contribution is -1.89. The maximum atomic E-state index is 13.5. The molecule has 0 atom stereocenters. The van der Waals surface area contributed by atoms with Gasteiger partial charge in [-0.2, -0.15) is 0 Å². The smallest absolute Gasteiger partial charge is 0.179 e. The molecule has 1 nitrogen and oxygen atoms in total. The van der Waals surface area contributed by atoms with Crippen LogP contribution in [-0.4, -0.2) is 0 Å². The van der Waals surface area contributed by atoms with Crippen molar-refractivity contribution in [3.63, 3.8) is 0 Å². The summed E-state index contributed by atoms with van der Waals surface area (Å²) >= 11 is 3.06. The third-order valence-electron chi connectivity index (χ3n) is 1.96. The maximum absolute atomic E-state index is 13.5. The van der Waals surface area contributed by atoms with E-state index in [2.05, 4.69) is 15.9 Å². The van der Waals surface area contributed by atoms with Crippen molar-refractivity contribution in [2.24, 2.45) is 0 Å². The van der Waals surface area contributed by atoms with Gasteiger partial charge >= 0.3 is 0 Å². The summed E-state index contributed by atoms with van der Waals surface area (Å²) in [4.78, 5) is 0. The van der Waals surface area contributed by atoms with E-state index in [-0.39, 0.29) is 11.6 Å². The highest BCUT2D eigenvalue weighted by Crippen LogP contribution is 2.28. The third-order valence-corrected chi connectivity index (χ3v) is 2.57. The first-order valence-corrected chi connectivity index (χ1v) is 5.33. The van der Waals surface area contributed by atoms with Gasteiger partial charge in [0.1, 0.15) is 11.6 Å². The molecule has 2 rings (SSSR count). The minimum absolute atomic E-state index is 0.0981. The van der Waals surface area contributed by atoms with E-state index >= 15 is 0 Å². The lowest BCUT2D eigenvalue weighted by atomic mass is 10.3. The molecule has 0 aliphatic rings. The number of hydrogen-bond donors (Lipinski definition) is 0. The molecule has 0 fully saturated rings. The minimum atomic E-state index is -0.480. The Kier molecular flexibility index (Phi) is 3.19. The van der Waals surface area contributed by atoms with Gasteiger partial charge in [-0.1, -0.05) is 6.07 Å². The normalized spacial score (nSPS) is 10.2. The van der Waals surface area contributed by atoms with Crippen LogP contribution in [-0.2, 0) is 0 Å². The Hall–Kier alpha value is -1.42. The van der Waals surface area contributed by atoms with E-state index in [1.54, 1.807) is 12.1 Å². The van der Waals surface area contributed by atoms with Crippen molar-refractivity contribution in [3.8, 4) is 11.5 Å². The van der Waals surface area contributed by atoms with Gasteiger partial charge in [-0.3, -0.25) is 0 Å². The van der Waals surface area contributed by atoms with Gasteiger partial charge in [0.15, 0.2) is 11.6 Å². The molecule has 0 aliphatic heterocycles. The highest BCUT2D eigenvalue weighted by atomic mass is 79.9. The van der Waals surface area contributed by atoms with Crippen molar-refractivity contribution in [2.45, 2.75) is 0 Å². The van der Waals surface area contributed by atoms with Gasteiger partial charge in [0, 0.05) is 0 Å². The Morgan fingerprint density at radius 3 is 2.31 bits per heavy atom. The molecule has 0 heterocycles. The lowest BCUT2D eigenvalue weighted by molar-refractivity contribution is 0.439. The second kappa shape index (κ2) is 4.61. The fourth-order valence-corrected chi connectivity index (χ4v) is 1.54. The summed E-state index contributed by atoms with van der Waals surface area (Å²) in [6.45, 7) is 0. The Balaban J connectivity index is 2.27. The molecule has 0 amide bonds. The molecule has 0 aromatic heterocycles. The number of benzene rings is 2. The Bertz CT molecular complexity index is 497. The van der Waals surface area contributed by atoms with Crippen molar-refractivity contribution in [2.75, 3.05) is 0 Å². The molecule has 2 aromatic rings. The Labute approximate surface area is 99.8 Å². The molecule has 0 aliphatic carbocycles. The summed E-state index contributed by atoms with van der Waals surface area (Å²) in [5, 5.41) is 0. The standard InChI is InChI=1S/C12H7BrF2O/c13-10-2-1-3-11(12(10)15)16-9-6-4-8(14)5-7-9/h1-7H. The van der Waals surface area contributed by atoms with Gasteiger partial charge < -0.3 is 4.74 Å². The topological polar surface area (TPSA) is 9.23 Å². The van der Waals surface area contributed by atoms with Gasteiger partial charge in [-0.05, 0) is 52.3 Å². The zero-order valence-corrected chi connectivity index (χ0v) is 9.67. The fraction of sp³-hybridized carbons (Fsp3) is 0. The van der Waals surface area contributed by atoms with Crippen molar-refractivity contribution < 1.29 is 13.5 Å². The van der Waals surface area contributed by atoms with Crippen LogP contribution in [0, 0.1) is 11.6 Å². The van der Waals surface area contributed by atoms with Crippen LogP contribution in [0.15, 0.2) is 46.9 Å². The van der Waals surface area contributed by atoms with Crippen LogP contribution in [0.2, 0.25) is 0 Å². The van der Waals surface area contributed by atoms with Gasteiger partial charge in [0.2, 0.25) is 0 Å². The first-order valence-electron chi connectivity index (χ1n) is 4.54. The highest BCUT2D eigenvalue weighted by molar-refractivity contribution is 9.10. The van der Waals surface area contributed by atoms with Crippen LogP contribution >= 0.6 is 15.9 Å². The van der Waals surface area contributed by atoms with Crippen LogP contribution in [0.25, 0.3) is 0 Å². The monoisotopic (exact) mass is 284 g/mol. The largest absolute Gasteiger partial charge is 0.454 e. The van der Waals surface area contributed by atoms with E-state index in [1.807, 2.05) is 0 Å². The average molecular weight is 285 g/mol. The summed E-state index contributed by atoms with van der Waals surface area (Å²) in [5.74, 6) is -0.353. The average Bonchev–Trinajstić information content (AvgIpc) is 2.28. The van der Waals surface area contributed by atoms with Crippen LogP contribution in [0.1, 0.15) is 0 Å². The minimum Gasteiger partial charge on any atom is -0.454 e. The maximum Gasteiger partial charge on any atom is 0.179 e. The van der Waals surface area contributed by atoms with E-state index < -0.39 is 5.82 Å². The van der Waals surface area contributed by atoms with E-state index in [9.17, 15) is 8.78 Å². The molecule has 0 spiro atoms. The quantitative estimate of drug-likeness (QED) is 0.788. The molecule has 0 saturated carbocycles. The number of halogens is 3. The molecular formula is C12H7BrF2O. The van der Waals surface area contributed by atoms with Crippen LogP contribution in [0.4, 0.5) is 8.78 Å². The summed E-state index contributed by atoms with van der Waals surface area (Å²) in [7, 11) is 0. The number of hydrogen-bond acceptors (Lipinski definition) is 1. The van der Waals surface area contributed by atoms with E-state index in [4.69, 9.17) is 4.74 Å². The fourth-order valence-electron chi connectivity index (χ4n) is 1.19. The number of rotatable bonds is 2. The summed E-state index contributed by atoms with van der Waals surface area (Å²) < 4.78 is 31.8. The molecule has 0 saturated heterocycles. The van der Waals surface area contributed by atoms with Crippen LogP contribution in [0.5, 0.6) is 11.5 Å². The molecule has 0 radical (unpaired) electrons. The van der Waals surface area contributed by atoms with E-state index in [0.717, 1.165) is 0 Å². The summed E-state index contributed by atoms with van der Waals surface area (Å²) in [6.07, 6.45) is 0. The molecular weight excluding hydrogens is 278 g/mol. The molecule has 16 heavy (non-hydrogen) atoms. The highest BCUT2D eigenvalue weighted by Gasteiger charge is 2.07. The van der Waals surface area contributed by atoms with Crippen molar-refractivity contribution >= 4 is 15.9 Å². The third kappa shape index (κ3) is 2.39. The first-order chi connectivity index (χ1) is 7.66. The summed E-state index contributed by atoms with van der Waals surface area (Å²) in [5.41, 5.74) is 0. The van der Waals surface area contributed by atoms with Gasteiger partial charge in [0.25, 0.3) is 0 Å². The van der Waals surface area contributed by atoms with E-state index in [0.29, 0.717) is 10.2 Å². The lowest BCUT2D eigenvalue weighted by Gasteiger charge is -2.07. The van der Waals surface area contributed by atoms with Gasteiger partial charge in [0.05, 0.1) is 4.47 Å². The molecule has 2 aromatic carbocycles. The zero-order chi connectivity index (χ0) is 11.5. The van der Waals surface area contributed by atoms with Crippen molar-refractivity contribution in [1.82, 2.24) is 0 Å². The second-order valence-electron chi connectivity index (χ2n) is 3.11. The first kappa shape index (κ1) is 11.1. The molecule has 0 unspecified atom stereocenters. The van der Waals surface area contributed by atoms with Crippen molar-refractivity contribution in [3.05, 3.63) is 58.6 Å². The van der Waals surface area contributed by atoms with Crippen LogP contribution in [0.3, 0.4) is 0 Å². The molecule has 4 heteroatoms. The number of ether oxygens (including phenoxy) is 1. The van der Waals surface area contributed by atoms with E-state index in [1.165, 1.54) is 30.3 Å². The predicted molar refractivity (Wildman–Crippen MR) is 60.6 cm³/mol. The van der Waals surface area contributed by atoms with Gasteiger partial charge in [-0.15, -0.1) is 0 Å². The Morgan fingerprint density at radius 2 is 1.62 bits per heavy atom. The second-order valence-corrected chi connectivity index (χ2v) is 3.96. The van der Waals surface area contributed by atoms with Crippen molar-refractivity contribution in [1.29, 1.82) is 0 Å². The Morgan fingerprint density at radius 1 is 0.938 bits per heavy atom. The zero-order valence-electron chi connectivity index (χ0n) is 8.08. The van der Waals surface area contributed by atoms with Crippen LogP contribution < -0.4 is 4.74 Å². The van der Waals surface area contributed by atoms with Gasteiger partial charge in [-0.25, -0.2) is 8.78 Å².